The summed E-state index contributed by atoms with van der Waals surface area (Å²) in [7, 11) is 0. The maximum Gasteiger partial charge on any atom is 0.242 e. The van der Waals surface area contributed by atoms with Gasteiger partial charge in [0, 0.05) is 24.3 Å². The number of anilines is 1. The van der Waals surface area contributed by atoms with Crippen molar-refractivity contribution in [1.82, 2.24) is 15.5 Å². The molecule has 0 unspecified atom stereocenters. The Morgan fingerprint density at radius 1 is 1.21 bits per heavy atom. The van der Waals surface area contributed by atoms with Crippen molar-refractivity contribution in [3.8, 4) is 0 Å². The molecule has 0 aliphatic carbocycles. The van der Waals surface area contributed by atoms with E-state index in [0.717, 1.165) is 12.8 Å². The molecule has 0 radical (unpaired) electrons. The Morgan fingerprint density at radius 2 is 2.00 bits per heavy atom. The molecule has 208 valence electrons. The van der Waals surface area contributed by atoms with E-state index in [1.807, 2.05) is 4.90 Å². The van der Waals surface area contributed by atoms with Crippen LogP contribution in [0.25, 0.3) is 0 Å². The lowest BCUT2D eigenvalue weighted by molar-refractivity contribution is -0.138. The van der Waals surface area contributed by atoms with Crippen LogP contribution in [0.5, 0.6) is 0 Å². The van der Waals surface area contributed by atoms with Gasteiger partial charge in [-0.15, -0.1) is 0 Å². The summed E-state index contributed by atoms with van der Waals surface area (Å²) in [4.78, 5) is 41.7. The van der Waals surface area contributed by atoms with Crippen molar-refractivity contribution in [3.63, 3.8) is 0 Å². The average Bonchev–Trinajstić information content (AvgIpc) is 2.87. The van der Waals surface area contributed by atoms with E-state index in [1.165, 1.54) is 12.1 Å². The molecular weight excluding hydrogens is 487 g/mol. The number of amides is 3. The van der Waals surface area contributed by atoms with Gasteiger partial charge in [0.2, 0.25) is 17.7 Å². The molecule has 3 amide bonds. The first-order chi connectivity index (χ1) is 18.2. The molecule has 1 aromatic carbocycles. The molecule has 3 aliphatic heterocycles. The minimum Gasteiger partial charge on any atom is -0.381 e. The fraction of sp³-hybridized carbons (Fsp3) is 0.621. The molecular formula is C29H41FN4O4. The molecule has 3 atom stereocenters. The van der Waals surface area contributed by atoms with Crippen molar-refractivity contribution in [2.75, 3.05) is 38.2 Å². The number of nitrogens with one attached hydrogen (secondary N) is 3. The predicted molar refractivity (Wildman–Crippen MR) is 144 cm³/mol. The molecule has 2 fully saturated rings. The first kappa shape index (κ1) is 28.2. The summed E-state index contributed by atoms with van der Waals surface area (Å²) in [5, 5.41) is 9.07. The number of likely N-dealkylation sites (tertiary alicyclic amines) is 1. The van der Waals surface area contributed by atoms with Crippen LogP contribution in [-0.2, 0) is 19.1 Å². The highest BCUT2D eigenvalue weighted by Crippen LogP contribution is 2.37. The Bertz CT molecular complexity index is 1020. The summed E-state index contributed by atoms with van der Waals surface area (Å²) in [5.74, 6) is -0.356. The number of halogens is 1. The number of benzene rings is 1. The van der Waals surface area contributed by atoms with Crippen molar-refractivity contribution in [2.24, 2.45) is 17.3 Å². The number of hydrogen-bond acceptors (Lipinski definition) is 5. The fourth-order valence-corrected chi connectivity index (χ4v) is 5.73. The first-order valence-corrected chi connectivity index (χ1v) is 13.9. The van der Waals surface area contributed by atoms with Gasteiger partial charge in [0.05, 0.1) is 18.6 Å². The molecule has 38 heavy (non-hydrogen) atoms. The summed E-state index contributed by atoms with van der Waals surface area (Å²) in [5.41, 5.74) is -0.212. The van der Waals surface area contributed by atoms with E-state index in [-0.39, 0.29) is 42.1 Å². The monoisotopic (exact) mass is 528 g/mol. The highest BCUT2D eigenvalue weighted by atomic mass is 19.1. The molecule has 1 spiro atoms. The van der Waals surface area contributed by atoms with E-state index in [9.17, 15) is 18.8 Å². The van der Waals surface area contributed by atoms with Gasteiger partial charge < -0.3 is 20.7 Å². The van der Waals surface area contributed by atoms with E-state index in [2.05, 4.69) is 41.9 Å². The predicted octanol–water partition coefficient (Wildman–Crippen LogP) is 3.25. The Kier molecular flexibility index (Phi) is 9.54. The van der Waals surface area contributed by atoms with Crippen molar-refractivity contribution < 1.29 is 23.5 Å². The highest BCUT2D eigenvalue weighted by molar-refractivity contribution is 5.92. The minimum atomic E-state index is -0.636. The van der Waals surface area contributed by atoms with Crippen molar-refractivity contribution in [1.29, 1.82) is 0 Å². The van der Waals surface area contributed by atoms with Crippen LogP contribution in [0.3, 0.4) is 0 Å². The maximum atomic E-state index is 13.8. The van der Waals surface area contributed by atoms with Crippen LogP contribution in [0.15, 0.2) is 36.4 Å². The average molecular weight is 529 g/mol. The van der Waals surface area contributed by atoms with E-state index >= 15 is 0 Å². The van der Waals surface area contributed by atoms with Gasteiger partial charge >= 0.3 is 0 Å². The third kappa shape index (κ3) is 7.41. The van der Waals surface area contributed by atoms with Gasteiger partial charge in [-0.3, -0.25) is 19.3 Å². The zero-order valence-electron chi connectivity index (χ0n) is 22.5. The molecule has 1 aromatic rings. The highest BCUT2D eigenvalue weighted by Gasteiger charge is 2.42. The topological polar surface area (TPSA) is 99.8 Å². The second-order valence-electron chi connectivity index (χ2n) is 11.4. The van der Waals surface area contributed by atoms with Gasteiger partial charge in [-0.25, -0.2) is 4.39 Å². The molecule has 8 nitrogen and oxygen atoms in total. The molecule has 4 rings (SSSR count). The SMILES string of the molecule is CC(C)C[C@H]1NC(=O)C2(C/C=C\C[C@@H]3COCC[C@@H]3NC1=O)CCN(CC(=O)Nc1cccc(F)c1)CC2. The van der Waals surface area contributed by atoms with E-state index in [4.69, 9.17) is 4.74 Å². The molecule has 3 N–H and O–H groups in total. The second kappa shape index (κ2) is 12.8. The number of allylic oxidation sites excluding steroid dienone is 2. The van der Waals surface area contributed by atoms with Crippen LogP contribution >= 0.6 is 0 Å². The van der Waals surface area contributed by atoms with Gasteiger partial charge in [0.15, 0.2) is 0 Å². The quantitative estimate of drug-likeness (QED) is 0.510. The number of carbonyl (C=O) groups is 3. The number of nitrogens with zero attached hydrogens (tertiary/aromatic N) is 1. The largest absolute Gasteiger partial charge is 0.381 e. The maximum absolute atomic E-state index is 13.8. The van der Waals surface area contributed by atoms with Crippen LogP contribution in [0.4, 0.5) is 10.1 Å². The lowest BCUT2D eigenvalue weighted by Crippen LogP contribution is -2.57. The number of hydrogen-bond donors (Lipinski definition) is 3. The van der Waals surface area contributed by atoms with Crippen molar-refractivity contribution in [2.45, 2.75) is 64.5 Å². The smallest absolute Gasteiger partial charge is 0.242 e. The van der Waals surface area contributed by atoms with Crippen molar-refractivity contribution >= 4 is 23.4 Å². The van der Waals surface area contributed by atoms with Gasteiger partial charge in [-0.1, -0.05) is 32.1 Å². The molecule has 0 bridgehead atoms. The Morgan fingerprint density at radius 3 is 2.74 bits per heavy atom. The summed E-state index contributed by atoms with van der Waals surface area (Å²) < 4.78 is 19.1. The summed E-state index contributed by atoms with van der Waals surface area (Å²) >= 11 is 0. The Balaban J connectivity index is 1.44. The van der Waals surface area contributed by atoms with Gasteiger partial charge in [-0.2, -0.15) is 0 Å². The van der Waals surface area contributed by atoms with E-state index in [0.29, 0.717) is 57.7 Å². The second-order valence-corrected chi connectivity index (χ2v) is 11.4. The van der Waals surface area contributed by atoms with E-state index in [1.54, 1.807) is 12.1 Å². The summed E-state index contributed by atoms with van der Waals surface area (Å²) in [6.45, 7) is 6.69. The van der Waals surface area contributed by atoms with Crippen LogP contribution in [0, 0.1) is 23.1 Å². The zero-order valence-corrected chi connectivity index (χ0v) is 22.5. The number of carbonyl (C=O) groups excluding carboxylic acids is 3. The van der Waals surface area contributed by atoms with E-state index < -0.39 is 17.3 Å². The first-order valence-electron chi connectivity index (χ1n) is 13.9. The summed E-state index contributed by atoms with van der Waals surface area (Å²) in [6, 6.07) is 5.29. The number of fused-ring (bicyclic) bond motifs is 1. The molecule has 0 aromatic heterocycles. The van der Waals surface area contributed by atoms with Crippen LogP contribution in [0.1, 0.15) is 52.4 Å². The molecule has 3 aliphatic rings. The third-order valence-electron chi connectivity index (χ3n) is 8.02. The number of ether oxygens (including phenoxy) is 1. The lowest BCUT2D eigenvalue weighted by Gasteiger charge is -2.41. The number of rotatable bonds is 5. The van der Waals surface area contributed by atoms with Crippen LogP contribution in [-0.4, -0.2) is 67.6 Å². The summed E-state index contributed by atoms with van der Waals surface area (Å²) in [6.07, 6.45) is 8.14. The molecule has 3 heterocycles. The normalized spacial score (nSPS) is 27.4. The minimum absolute atomic E-state index is 0.0441. The zero-order chi connectivity index (χ0) is 27.1. The lowest BCUT2D eigenvalue weighted by atomic mass is 9.74. The van der Waals surface area contributed by atoms with Gasteiger partial charge in [0.1, 0.15) is 11.9 Å². The van der Waals surface area contributed by atoms with Gasteiger partial charge in [0.25, 0.3) is 0 Å². The molecule has 9 heteroatoms. The Labute approximate surface area is 224 Å². The Hall–Kier alpha value is -2.78. The number of piperidine rings is 1. The molecule has 2 saturated heterocycles. The van der Waals surface area contributed by atoms with Crippen LogP contribution < -0.4 is 16.0 Å². The fourth-order valence-electron chi connectivity index (χ4n) is 5.73. The van der Waals surface area contributed by atoms with Gasteiger partial charge in [-0.05, 0) is 75.7 Å². The molecule has 0 saturated carbocycles. The third-order valence-corrected chi connectivity index (χ3v) is 8.02. The standard InChI is InChI=1S/C29H41FN4O4/c1-20(2)16-25-27(36)32-24-9-15-38-19-21(24)6-3-4-10-29(28(37)33-25)11-13-34(14-12-29)18-26(35)31-23-8-5-7-22(30)17-23/h3-5,7-8,17,20-21,24-25H,6,9-16,18-19H2,1-2H3,(H,31,35)(H,32,36)(H,33,37)/b4-3-/t21-,24+,25-/m1/s1. The van der Waals surface area contributed by atoms with Crippen LogP contribution in [0.2, 0.25) is 0 Å². The van der Waals surface area contributed by atoms with Crippen molar-refractivity contribution in [3.05, 3.63) is 42.2 Å².